The number of ether oxygens (including phenoxy) is 1. The van der Waals surface area contributed by atoms with E-state index in [0.29, 0.717) is 25.9 Å². The molecule has 0 aromatic rings. The topological polar surface area (TPSA) is 72.6 Å². The molecule has 5 nitrogen and oxygen atoms in total. The summed E-state index contributed by atoms with van der Waals surface area (Å²) in [4.78, 5) is 25.5. The summed E-state index contributed by atoms with van der Waals surface area (Å²) >= 11 is 0. The summed E-state index contributed by atoms with van der Waals surface area (Å²) in [5, 5.41) is 0. The van der Waals surface area contributed by atoms with Crippen LogP contribution in [0.3, 0.4) is 0 Å². The highest BCUT2D eigenvalue weighted by molar-refractivity contribution is 5.88. The van der Waals surface area contributed by atoms with Gasteiger partial charge in [0, 0.05) is 13.0 Å². The monoisotopic (exact) mass is 256 g/mol. The lowest BCUT2D eigenvalue weighted by atomic mass is 10.1. The van der Waals surface area contributed by atoms with Crippen molar-refractivity contribution in [3.63, 3.8) is 0 Å². The summed E-state index contributed by atoms with van der Waals surface area (Å²) in [5.74, 6) is 0.101. The minimum atomic E-state index is -0.523. The number of likely N-dealkylation sites (tertiary alicyclic amines) is 1. The van der Waals surface area contributed by atoms with Crippen LogP contribution in [0.25, 0.3) is 0 Å². The lowest BCUT2D eigenvalue weighted by Gasteiger charge is -2.28. The van der Waals surface area contributed by atoms with Crippen molar-refractivity contribution in [3.8, 4) is 0 Å². The first-order valence-electron chi connectivity index (χ1n) is 6.57. The number of rotatable bonds is 4. The number of nitrogens with zero attached hydrogens (tertiary/aromatic N) is 1. The first-order valence-corrected chi connectivity index (χ1v) is 6.57. The molecule has 5 heteroatoms. The molecule has 0 bridgehead atoms. The van der Waals surface area contributed by atoms with Gasteiger partial charge in [0.2, 0.25) is 0 Å². The van der Waals surface area contributed by atoms with Crippen molar-refractivity contribution in [2.45, 2.75) is 58.1 Å². The van der Waals surface area contributed by atoms with Gasteiger partial charge in [0.25, 0.3) is 0 Å². The van der Waals surface area contributed by atoms with Gasteiger partial charge >= 0.3 is 6.09 Å². The van der Waals surface area contributed by atoms with Gasteiger partial charge in [0.1, 0.15) is 5.60 Å². The molecule has 1 heterocycles. The normalized spacial score (nSPS) is 20.0. The standard InChI is InChI=1S/C13H24N2O3/c1-13(2,3)18-12(17)15-9-5-6-10(15)11(16)7-4-8-14/h10H,4-9,14H2,1-3H3. The molecule has 1 rings (SSSR count). The third kappa shape index (κ3) is 4.29. The third-order valence-corrected chi connectivity index (χ3v) is 2.88. The van der Waals surface area contributed by atoms with Crippen LogP contribution < -0.4 is 5.73 Å². The van der Waals surface area contributed by atoms with Gasteiger partial charge < -0.3 is 10.5 Å². The Morgan fingerprint density at radius 1 is 1.39 bits per heavy atom. The second-order valence-corrected chi connectivity index (χ2v) is 5.69. The molecule has 1 unspecified atom stereocenters. The van der Waals surface area contributed by atoms with Crippen LogP contribution in [0, 0.1) is 0 Å². The van der Waals surface area contributed by atoms with E-state index in [9.17, 15) is 9.59 Å². The predicted molar refractivity (Wildman–Crippen MR) is 69.3 cm³/mol. The zero-order valence-electron chi connectivity index (χ0n) is 11.6. The van der Waals surface area contributed by atoms with Crippen LogP contribution >= 0.6 is 0 Å². The molecule has 0 spiro atoms. The minimum absolute atomic E-state index is 0.101. The fraction of sp³-hybridized carbons (Fsp3) is 0.846. The molecule has 18 heavy (non-hydrogen) atoms. The van der Waals surface area contributed by atoms with E-state index < -0.39 is 5.60 Å². The van der Waals surface area contributed by atoms with Crippen molar-refractivity contribution >= 4 is 11.9 Å². The molecule has 1 fully saturated rings. The second-order valence-electron chi connectivity index (χ2n) is 5.69. The molecule has 1 aliphatic rings. The molecule has 104 valence electrons. The van der Waals surface area contributed by atoms with Crippen LogP contribution in [0.15, 0.2) is 0 Å². The molecular formula is C13H24N2O3. The van der Waals surface area contributed by atoms with Crippen LogP contribution in [-0.2, 0) is 9.53 Å². The van der Waals surface area contributed by atoms with Crippen molar-refractivity contribution in [2.24, 2.45) is 5.73 Å². The quantitative estimate of drug-likeness (QED) is 0.830. The maximum absolute atomic E-state index is 12.0. The summed E-state index contributed by atoms with van der Waals surface area (Å²) < 4.78 is 5.32. The van der Waals surface area contributed by atoms with Gasteiger partial charge in [0.05, 0.1) is 6.04 Å². The Labute approximate surface area is 109 Å². The number of ketones is 1. The van der Waals surface area contributed by atoms with Crippen molar-refractivity contribution < 1.29 is 14.3 Å². The number of Topliss-reactive ketones (excluding diaryl/α,β-unsaturated/α-hetero) is 1. The molecule has 1 amide bonds. The molecule has 1 aliphatic heterocycles. The summed E-state index contributed by atoms with van der Waals surface area (Å²) in [6.07, 6.45) is 2.34. The number of carbonyl (C=O) groups is 2. The van der Waals surface area contributed by atoms with Gasteiger partial charge in [-0.15, -0.1) is 0 Å². The molecule has 1 atom stereocenters. The van der Waals surface area contributed by atoms with Crippen LogP contribution in [0.2, 0.25) is 0 Å². The molecule has 2 N–H and O–H groups in total. The first kappa shape index (κ1) is 15.0. The Balaban J connectivity index is 2.59. The summed E-state index contributed by atoms with van der Waals surface area (Å²) in [7, 11) is 0. The second kappa shape index (κ2) is 6.18. The smallest absolute Gasteiger partial charge is 0.410 e. The van der Waals surface area contributed by atoms with E-state index in [0.717, 1.165) is 12.8 Å². The van der Waals surface area contributed by atoms with Crippen LogP contribution in [0.5, 0.6) is 0 Å². The van der Waals surface area contributed by atoms with Gasteiger partial charge in [-0.2, -0.15) is 0 Å². The summed E-state index contributed by atoms with van der Waals surface area (Å²) in [6, 6.07) is -0.314. The van der Waals surface area contributed by atoms with E-state index in [4.69, 9.17) is 10.5 Å². The maximum Gasteiger partial charge on any atom is 0.410 e. The van der Waals surface area contributed by atoms with Gasteiger partial charge in [-0.05, 0) is 46.6 Å². The van der Waals surface area contributed by atoms with Crippen molar-refractivity contribution in [2.75, 3.05) is 13.1 Å². The van der Waals surface area contributed by atoms with Gasteiger partial charge in [0.15, 0.2) is 5.78 Å². The SMILES string of the molecule is CC(C)(C)OC(=O)N1CCCC1C(=O)CCCN. The Morgan fingerprint density at radius 2 is 2.06 bits per heavy atom. The van der Waals surface area contributed by atoms with Crippen molar-refractivity contribution in [1.82, 2.24) is 4.90 Å². The van der Waals surface area contributed by atoms with Crippen LogP contribution in [0.4, 0.5) is 4.79 Å². The largest absolute Gasteiger partial charge is 0.444 e. The molecule has 0 radical (unpaired) electrons. The maximum atomic E-state index is 12.0. The average Bonchev–Trinajstić information content (AvgIpc) is 2.72. The van der Waals surface area contributed by atoms with E-state index >= 15 is 0 Å². The average molecular weight is 256 g/mol. The molecule has 0 aromatic carbocycles. The first-order chi connectivity index (χ1) is 8.35. The fourth-order valence-corrected chi connectivity index (χ4v) is 2.08. The fourth-order valence-electron chi connectivity index (χ4n) is 2.08. The highest BCUT2D eigenvalue weighted by Gasteiger charge is 2.35. The van der Waals surface area contributed by atoms with Gasteiger partial charge in [-0.3, -0.25) is 9.69 Å². The number of nitrogens with two attached hydrogens (primary N) is 1. The third-order valence-electron chi connectivity index (χ3n) is 2.88. The van der Waals surface area contributed by atoms with Crippen LogP contribution in [-0.4, -0.2) is 41.5 Å². The summed E-state index contributed by atoms with van der Waals surface area (Å²) in [5.41, 5.74) is 4.87. The molecule has 0 aromatic heterocycles. The zero-order chi connectivity index (χ0) is 13.8. The number of hydrogen-bond donors (Lipinski definition) is 1. The number of carbonyl (C=O) groups excluding carboxylic acids is 2. The van der Waals surface area contributed by atoms with Crippen molar-refractivity contribution in [3.05, 3.63) is 0 Å². The number of hydrogen-bond acceptors (Lipinski definition) is 4. The Morgan fingerprint density at radius 3 is 2.61 bits per heavy atom. The molecule has 0 saturated carbocycles. The minimum Gasteiger partial charge on any atom is -0.444 e. The lowest BCUT2D eigenvalue weighted by molar-refractivity contribution is -0.123. The summed E-state index contributed by atoms with van der Waals surface area (Å²) in [6.45, 7) is 6.59. The molecular weight excluding hydrogens is 232 g/mol. The Hall–Kier alpha value is -1.10. The zero-order valence-corrected chi connectivity index (χ0v) is 11.6. The van der Waals surface area contributed by atoms with E-state index in [-0.39, 0.29) is 17.9 Å². The predicted octanol–water partition coefficient (Wildman–Crippen LogP) is 1.69. The van der Waals surface area contributed by atoms with E-state index in [2.05, 4.69) is 0 Å². The van der Waals surface area contributed by atoms with E-state index in [1.165, 1.54) is 0 Å². The van der Waals surface area contributed by atoms with Crippen LogP contribution in [0.1, 0.15) is 46.5 Å². The lowest BCUT2D eigenvalue weighted by Crippen LogP contribution is -2.43. The van der Waals surface area contributed by atoms with Gasteiger partial charge in [-0.1, -0.05) is 0 Å². The highest BCUT2D eigenvalue weighted by atomic mass is 16.6. The Kier molecular flexibility index (Phi) is 5.14. The molecule has 1 saturated heterocycles. The van der Waals surface area contributed by atoms with E-state index in [1.54, 1.807) is 4.90 Å². The Bertz CT molecular complexity index is 310. The van der Waals surface area contributed by atoms with Crippen molar-refractivity contribution in [1.29, 1.82) is 0 Å². The van der Waals surface area contributed by atoms with E-state index in [1.807, 2.05) is 20.8 Å². The molecule has 0 aliphatic carbocycles. The number of amides is 1. The van der Waals surface area contributed by atoms with Gasteiger partial charge in [-0.25, -0.2) is 4.79 Å². The highest BCUT2D eigenvalue weighted by Crippen LogP contribution is 2.22.